The van der Waals surface area contributed by atoms with Gasteiger partial charge in [-0.15, -0.1) is 0 Å². The lowest BCUT2D eigenvalue weighted by Gasteiger charge is -2.09. The molecule has 2 rings (SSSR count). The van der Waals surface area contributed by atoms with Crippen molar-refractivity contribution in [2.45, 2.75) is 6.54 Å². The molecule has 2 aromatic rings. The van der Waals surface area contributed by atoms with E-state index in [1.54, 1.807) is 18.2 Å². The van der Waals surface area contributed by atoms with Gasteiger partial charge in [-0.25, -0.2) is 9.59 Å². The summed E-state index contributed by atoms with van der Waals surface area (Å²) >= 11 is 5.92. The van der Waals surface area contributed by atoms with Gasteiger partial charge in [0.15, 0.2) is 0 Å². The molecule has 0 saturated carbocycles. The Hall–Kier alpha value is -3.34. The SMILES string of the molecule is CNCc1cccc(Oc2cc(Cl)ccc2C#N)c1.O=C(O)/C=C/C(=O)O. The Morgan fingerprint density at radius 1 is 1.19 bits per heavy atom. The third-order valence-electron chi connectivity index (χ3n) is 2.94. The number of carboxylic acid groups (broad SMARTS) is 2. The van der Waals surface area contributed by atoms with Crippen molar-refractivity contribution >= 4 is 23.5 Å². The summed E-state index contributed by atoms with van der Waals surface area (Å²) in [5, 5.41) is 28.3. The summed E-state index contributed by atoms with van der Waals surface area (Å²) in [7, 11) is 1.89. The van der Waals surface area contributed by atoms with Crippen LogP contribution >= 0.6 is 11.6 Å². The van der Waals surface area contributed by atoms with Gasteiger partial charge in [0.1, 0.15) is 17.6 Å². The van der Waals surface area contributed by atoms with Gasteiger partial charge in [-0.3, -0.25) is 0 Å². The zero-order chi connectivity index (χ0) is 20.2. The Balaban J connectivity index is 0.000000387. The molecule has 27 heavy (non-hydrogen) atoms. The molecule has 0 amide bonds. The number of benzene rings is 2. The van der Waals surface area contributed by atoms with Gasteiger partial charge < -0.3 is 20.3 Å². The van der Waals surface area contributed by atoms with Gasteiger partial charge >= 0.3 is 11.9 Å². The fourth-order valence-corrected chi connectivity index (χ4v) is 2.03. The van der Waals surface area contributed by atoms with E-state index in [-0.39, 0.29) is 0 Å². The first-order valence-electron chi connectivity index (χ1n) is 7.60. The Morgan fingerprint density at radius 3 is 2.41 bits per heavy atom. The summed E-state index contributed by atoms with van der Waals surface area (Å²) in [6.07, 6.45) is 1.12. The Labute approximate surface area is 161 Å². The van der Waals surface area contributed by atoms with Crippen molar-refractivity contribution in [2.24, 2.45) is 0 Å². The van der Waals surface area contributed by atoms with Crippen LogP contribution in [0.1, 0.15) is 11.1 Å². The van der Waals surface area contributed by atoms with E-state index in [2.05, 4.69) is 11.4 Å². The van der Waals surface area contributed by atoms with E-state index in [1.165, 1.54) is 0 Å². The van der Waals surface area contributed by atoms with Crippen LogP contribution in [-0.2, 0) is 16.1 Å². The number of carbonyl (C=O) groups is 2. The van der Waals surface area contributed by atoms with Crippen LogP contribution in [-0.4, -0.2) is 29.2 Å². The highest BCUT2D eigenvalue weighted by molar-refractivity contribution is 6.30. The molecule has 0 heterocycles. The molecule has 0 unspecified atom stereocenters. The maximum absolute atomic E-state index is 9.55. The molecule has 0 saturated heterocycles. The molecule has 0 spiro atoms. The predicted molar refractivity (Wildman–Crippen MR) is 99.9 cm³/mol. The standard InChI is InChI=1S/C15H13ClN2O.C4H4O4/c1-18-10-11-3-2-4-14(7-11)19-15-8-13(16)6-5-12(15)9-17;5-3(6)1-2-4(7)8/h2-8,18H,10H2,1H3;1-2H,(H,5,6)(H,7,8)/b;2-1+. The number of halogens is 1. The molecule has 140 valence electrons. The first-order chi connectivity index (χ1) is 12.8. The van der Waals surface area contributed by atoms with Gasteiger partial charge in [-0.2, -0.15) is 5.26 Å². The number of hydrogen-bond acceptors (Lipinski definition) is 5. The number of ether oxygens (including phenoxy) is 1. The van der Waals surface area contributed by atoms with Gasteiger partial charge in [0.05, 0.1) is 5.56 Å². The van der Waals surface area contributed by atoms with Gasteiger partial charge in [0, 0.05) is 29.8 Å². The summed E-state index contributed by atoms with van der Waals surface area (Å²) in [4.78, 5) is 19.1. The second kappa shape index (κ2) is 11.3. The van der Waals surface area contributed by atoms with Crippen molar-refractivity contribution in [3.63, 3.8) is 0 Å². The number of aliphatic carboxylic acids is 2. The van der Waals surface area contributed by atoms with E-state index in [1.807, 2.05) is 31.3 Å². The Morgan fingerprint density at radius 2 is 1.85 bits per heavy atom. The van der Waals surface area contributed by atoms with Gasteiger partial charge in [0.2, 0.25) is 0 Å². The minimum absolute atomic E-state index is 0.461. The topological polar surface area (TPSA) is 120 Å². The number of rotatable bonds is 6. The second-order valence-corrected chi connectivity index (χ2v) is 5.48. The van der Waals surface area contributed by atoms with Crippen LogP contribution in [0.5, 0.6) is 11.5 Å². The molecule has 0 atom stereocenters. The maximum Gasteiger partial charge on any atom is 0.328 e. The molecule has 3 N–H and O–H groups in total. The zero-order valence-corrected chi connectivity index (χ0v) is 15.1. The number of hydrogen-bond donors (Lipinski definition) is 3. The lowest BCUT2D eigenvalue weighted by molar-refractivity contribution is -0.134. The van der Waals surface area contributed by atoms with E-state index >= 15 is 0 Å². The number of nitriles is 1. The first kappa shape index (κ1) is 21.7. The molecule has 2 aromatic carbocycles. The van der Waals surface area contributed by atoms with Crippen molar-refractivity contribution < 1.29 is 24.5 Å². The predicted octanol–water partition coefficient (Wildman–Crippen LogP) is 3.44. The maximum atomic E-state index is 9.55. The first-order valence-corrected chi connectivity index (χ1v) is 7.98. The van der Waals surface area contributed by atoms with E-state index < -0.39 is 11.9 Å². The molecule has 0 fully saturated rings. The summed E-state index contributed by atoms with van der Waals surface area (Å²) in [5.74, 6) is -1.36. The summed E-state index contributed by atoms with van der Waals surface area (Å²) in [5.41, 5.74) is 1.57. The van der Waals surface area contributed by atoms with E-state index in [9.17, 15) is 9.59 Å². The van der Waals surface area contributed by atoms with E-state index in [0.29, 0.717) is 34.2 Å². The largest absolute Gasteiger partial charge is 0.478 e. The van der Waals surface area contributed by atoms with Crippen LogP contribution in [0, 0.1) is 11.3 Å². The zero-order valence-electron chi connectivity index (χ0n) is 14.3. The monoisotopic (exact) mass is 388 g/mol. The minimum Gasteiger partial charge on any atom is -0.478 e. The van der Waals surface area contributed by atoms with Crippen LogP contribution in [0.25, 0.3) is 0 Å². The Bertz CT molecular complexity index is 859. The average Bonchev–Trinajstić information content (AvgIpc) is 2.61. The van der Waals surface area contributed by atoms with Crippen LogP contribution < -0.4 is 10.1 Å². The van der Waals surface area contributed by atoms with Crippen LogP contribution in [0.2, 0.25) is 5.02 Å². The fraction of sp³-hybridized carbons (Fsp3) is 0.105. The lowest BCUT2D eigenvalue weighted by Crippen LogP contribution is -2.04. The third kappa shape index (κ3) is 8.54. The molecule has 0 radical (unpaired) electrons. The Kier molecular flexibility index (Phi) is 9.09. The minimum atomic E-state index is -1.26. The lowest BCUT2D eigenvalue weighted by atomic mass is 10.2. The van der Waals surface area contributed by atoms with Gasteiger partial charge in [0.25, 0.3) is 0 Å². The molecule has 7 nitrogen and oxygen atoms in total. The van der Waals surface area contributed by atoms with Crippen LogP contribution in [0.4, 0.5) is 0 Å². The van der Waals surface area contributed by atoms with E-state index in [4.69, 9.17) is 31.8 Å². The van der Waals surface area contributed by atoms with Crippen molar-refractivity contribution in [1.29, 1.82) is 5.26 Å². The number of nitrogens with zero attached hydrogens (tertiary/aromatic N) is 1. The molecular weight excluding hydrogens is 372 g/mol. The molecule has 0 aliphatic rings. The summed E-state index contributed by atoms with van der Waals surface area (Å²) in [6.45, 7) is 0.762. The highest BCUT2D eigenvalue weighted by Crippen LogP contribution is 2.28. The highest BCUT2D eigenvalue weighted by Gasteiger charge is 2.06. The van der Waals surface area contributed by atoms with Crippen molar-refractivity contribution in [2.75, 3.05) is 7.05 Å². The van der Waals surface area contributed by atoms with Gasteiger partial charge in [-0.05, 0) is 36.9 Å². The van der Waals surface area contributed by atoms with Crippen molar-refractivity contribution in [1.82, 2.24) is 5.32 Å². The van der Waals surface area contributed by atoms with Crippen LogP contribution in [0.3, 0.4) is 0 Å². The van der Waals surface area contributed by atoms with E-state index in [0.717, 1.165) is 12.1 Å². The number of carboxylic acids is 2. The smallest absolute Gasteiger partial charge is 0.328 e. The molecule has 0 aliphatic heterocycles. The summed E-state index contributed by atoms with van der Waals surface area (Å²) in [6, 6.07) is 14.7. The van der Waals surface area contributed by atoms with Crippen molar-refractivity contribution in [3.8, 4) is 17.6 Å². The molecule has 0 bridgehead atoms. The normalized spacial score (nSPS) is 9.81. The molecule has 0 aromatic heterocycles. The quantitative estimate of drug-likeness (QED) is 0.648. The highest BCUT2D eigenvalue weighted by atomic mass is 35.5. The third-order valence-corrected chi connectivity index (χ3v) is 3.17. The van der Waals surface area contributed by atoms with Gasteiger partial charge in [-0.1, -0.05) is 23.7 Å². The van der Waals surface area contributed by atoms with Crippen LogP contribution in [0.15, 0.2) is 54.6 Å². The fourth-order valence-electron chi connectivity index (χ4n) is 1.87. The summed E-state index contributed by atoms with van der Waals surface area (Å²) < 4.78 is 5.73. The molecular formula is C19H17ClN2O5. The second-order valence-electron chi connectivity index (χ2n) is 5.04. The number of nitrogens with one attached hydrogen (secondary N) is 1. The molecule has 8 heteroatoms. The van der Waals surface area contributed by atoms with Crippen molar-refractivity contribution in [3.05, 3.63) is 70.8 Å². The molecule has 0 aliphatic carbocycles. The average molecular weight is 389 g/mol.